The predicted octanol–water partition coefficient (Wildman–Crippen LogP) is 4.89. The maximum Gasteiger partial charge on any atom is 0.221 e. The molecule has 3 nitrogen and oxygen atoms in total. The first-order valence-corrected chi connectivity index (χ1v) is 9.85. The molecule has 1 atom stereocenters. The number of rotatable bonds is 9. The van der Waals surface area contributed by atoms with Crippen LogP contribution in [0.2, 0.25) is 0 Å². The molecule has 0 radical (unpaired) electrons. The molecule has 2 aromatic carbocycles. The number of ether oxygens (including phenoxy) is 1. The van der Waals surface area contributed by atoms with E-state index in [2.05, 4.69) is 30.4 Å². The third kappa shape index (κ3) is 6.13. The molecule has 0 saturated carbocycles. The van der Waals surface area contributed by atoms with Crippen LogP contribution in [0.25, 0.3) is 0 Å². The van der Waals surface area contributed by atoms with Crippen LogP contribution in [0.1, 0.15) is 42.5 Å². The molecule has 0 aliphatic rings. The third-order valence-corrected chi connectivity index (χ3v) is 5.18. The zero-order valence-electron chi connectivity index (χ0n) is 15.2. The van der Waals surface area contributed by atoms with Crippen molar-refractivity contribution in [2.45, 2.75) is 38.5 Å². The van der Waals surface area contributed by atoms with Crippen molar-refractivity contribution >= 4 is 17.7 Å². The largest absolute Gasteiger partial charge is 0.496 e. The standard InChI is InChI=1S/C21H27NO2S/c1-4-19(18-10-11-20(24-3)16(2)14-18)22-21(23)12-13-25-15-17-8-6-5-7-9-17/h5-11,14,19H,4,12-13,15H2,1-3H3,(H,22,23)/t19-/m0/s1. The molecule has 0 bridgehead atoms. The maximum absolute atomic E-state index is 12.3. The van der Waals surface area contributed by atoms with Gasteiger partial charge in [-0.3, -0.25) is 4.79 Å². The highest BCUT2D eigenvalue weighted by Gasteiger charge is 2.13. The predicted molar refractivity (Wildman–Crippen MR) is 106 cm³/mol. The van der Waals surface area contributed by atoms with Crippen LogP contribution in [0, 0.1) is 6.92 Å². The Labute approximate surface area is 155 Å². The van der Waals surface area contributed by atoms with Gasteiger partial charge in [0, 0.05) is 17.9 Å². The first-order chi connectivity index (χ1) is 12.1. The van der Waals surface area contributed by atoms with E-state index in [-0.39, 0.29) is 11.9 Å². The van der Waals surface area contributed by atoms with Gasteiger partial charge in [0.2, 0.25) is 5.91 Å². The van der Waals surface area contributed by atoms with Gasteiger partial charge in [-0.25, -0.2) is 0 Å². The number of carbonyl (C=O) groups is 1. The van der Waals surface area contributed by atoms with E-state index in [1.165, 1.54) is 5.56 Å². The Kier molecular flexibility index (Phi) is 7.86. The second-order valence-electron chi connectivity index (χ2n) is 6.05. The second kappa shape index (κ2) is 10.1. The molecule has 134 valence electrons. The molecule has 2 aromatic rings. The molecule has 25 heavy (non-hydrogen) atoms. The van der Waals surface area contributed by atoms with Crippen LogP contribution >= 0.6 is 11.8 Å². The van der Waals surface area contributed by atoms with Crippen LogP contribution in [0.3, 0.4) is 0 Å². The lowest BCUT2D eigenvalue weighted by Crippen LogP contribution is -2.28. The molecule has 0 heterocycles. The molecule has 4 heteroatoms. The number of benzene rings is 2. The number of hydrogen-bond donors (Lipinski definition) is 1. The normalized spacial score (nSPS) is 11.8. The van der Waals surface area contributed by atoms with Crippen molar-refractivity contribution in [3.8, 4) is 5.75 Å². The molecule has 1 amide bonds. The van der Waals surface area contributed by atoms with Crippen LogP contribution in [-0.2, 0) is 10.5 Å². The first kappa shape index (κ1) is 19.4. The molecule has 0 unspecified atom stereocenters. The number of hydrogen-bond acceptors (Lipinski definition) is 3. The average Bonchev–Trinajstić information content (AvgIpc) is 2.64. The molecule has 0 aliphatic carbocycles. The summed E-state index contributed by atoms with van der Waals surface area (Å²) in [6, 6.07) is 16.5. The van der Waals surface area contributed by atoms with Crippen LogP contribution in [-0.4, -0.2) is 18.8 Å². The summed E-state index contributed by atoms with van der Waals surface area (Å²) in [7, 11) is 1.67. The molecule has 2 rings (SSSR count). The summed E-state index contributed by atoms with van der Waals surface area (Å²) in [5.74, 6) is 2.77. The van der Waals surface area contributed by atoms with Crippen molar-refractivity contribution < 1.29 is 9.53 Å². The van der Waals surface area contributed by atoms with Gasteiger partial charge in [-0.1, -0.05) is 49.4 Å². The number of carbonyl (C=O) groups excluding carboxylic acids is 1. The van der Waals surface area contributed by atoms with E-state index in [1.54, 1.807) is 18.9 Å². The summed E-state index contributed by atoms with van der Waals surface area (Å²) in [5.41, 5.74) is 3.52. The van der Waals surface area contributed by atoms with Crippen molar-refractivity contribution in [1.29, 1.82) is 0 Å². The minimum absolute atomic E-state index is 0.0521. The Balaban J connectivity index is 1.80. The number of amides is 1. The summed E-state index contributed by atoms with van der Waals surface area (Å²) in [6.45, 7) is 4.12. The maximum atomic E-state index is 12.3. The van der Waals surface area contributed by atoms with Gasteiger partial charge in [-0.05, 0) is 36.1 Å². The molecular formula is C21H27NO2S. The quantitative estimate of drug-likeness (QED) is 0.649. The van der Waals surface area contributed by atoms with Gasteiger partial charge >= 0.3 is 0 Å². The smallest absolute Gasteiger partial charge is 0.221 e. The van der Waals surface area contributed by atoms with Crippen LogP contribution in [0.15, 0.2) is 48.5 Å². The summed E-state index contributed by atoms with van der Waals surface area (Å²) in [5, 5.41) is 3.15. The van der Waals surface area contributed by atoms with Crippen molar-refractivity contribution in [2.75, 3.05) is 12.9 Å². The lowest BCUT2D eigenvalue weighted by atomic mass is 10.0. The Morgan fingerprint density at radius 3 is 2.60 bits per heavy atom. The van der Waals surface area contributed by atoms with Gasteiger partial charge in [0.15, 0.2) is 0 Å². The van der Waals surface area contributed by atoms with E-state index in [4.69, 9.17) is 4.74 Å². The first-order valence-electron chi connectivity index (χ1n) is 8.69. The molecule has 0 aliphatic heterocycles. The fourth-order valence-corrected chi connectivity index (χ4v) is 3.64. The molecule has 0 saturated heterocycles. The van der Waals surface area contributed by atoms with Gasteiger partial charge in [0.25, 0.3) is 0 Å². The highest BCUT2D eigenvalue weighted by atomic mass is 32.2. The molecule has 0 aromatic heterocycles. The van der Waals surface area contributed by atoms with Gasteiger partial charge in [0.1, 0.15) is 5.75 Å². The van der Waals surface area contributed by atoms with E-state index in [0.29, 0.717) is 6.42 Å². The lowest BCUT2D eigenvalue weighted by Gasteiger charge is -2.19. The highest BCUT2D eigenvalue weighted by molar-refractivity contribution is 7.98. The minimum Gasteiger partial charge on any atom is -0.496 e. The number of nitrogens with one attached hydrogen (secondary N) is 1. The Hall–Kier alpha value is -1.94. The monoisotopic (exact) mass is 357 g/mol. The Morgan fingerprint density at radius 1 is 1.20 bits per heavy atom. The lowest BCUT2D eigenvalue weighted by molar-refractivity contribution is -0.121. The Bertz CT molecular complexity index is 673. The van der Waals surface area contributed by atoms with E-state index < -0.39 is 0 Å². The fourth-order valence-electron chi connectivity index (χ4n) is 2.74. The minimum atomic E-state index is 0.0521. The SMILES string of the molecule is CC[C@H](NC(=O)CCSCc1ccccc1)c1ccc(OC)c(C)c1. The summed E-state index contributed by atoms with van der Waals surface area (Å²) >= 11 is 1.80. The van der Waals surface area contributed by atoms with Crippen LogP contribution in [0.4, 0.5) is 0 Å². The number of thioether (sulfide) groups is 1. The van der Waals surface area contributed by atoms with Crippen molar-refractivity contribution in [1.82, 2.24) is 5.32 Å². The Morgan fingerprint density at radius 2 is 1.96 bits per heavy atom. The summed E-state index contributed by atoms with van der Waals surface area (Å²) in [6.07, 6.45) is 1.41. The zero-order valence-corrected chi connectivity index (χ0v) is 16.1. The van der Waals surface area contributed by atoms with Crippen molar-refractivity contribution in [3.05, 3.63) is 65.2 Å². The molecule has 0 fully saturated rings. The van der Waals surface area contributed by atoms with Crippen molar-refractivity contribution in [3.63, 3.8) is 0 Å². The number of methoxy groups -OCH3 is 1. The number of aryl methyl sites for hydroxylation is 1. The topological polar surface area (TPSA) is 38.3 Å². The van der Waals surface area contributed by atoms with Gasteiger partial charge in [0.05, 0.1) is 13.2 Å². The van der Waals surface area contributed by atoms with Gasteiger partial charge in [-0.2, -0.15) is 11.8 Å². The van der Waals surface area contributed by atoms with Crippen molar-refractivity contribution in [2.24, 2.45) is 0 Å². The van der Waals surface area contributed by atoms with Gasteiger partial charge in [-0.15, -0.1) is 0 Å². The zero-order chi connectivity index (χ0) is 18.1. The second-order valence-corrected chi connectivity index (χ2v) is 7.15. The third-order valence-electron chi connectivity index (χ3n) is 4.15. The molecular weight excluding hydrogens is 330 g/mol. The summed E-state index contributed by atoms with van der Waals surface area (Å²) in [4.78, 5) is 12.3. The van der Waals surface area contributed by atoms with Crippen LogP contribution < -0.4 is 10.1 Å². The van der Waals surface area contributed by atoms with Crippen LogP contribution in [0.5, 0.6) is 5.75 Å². The van der Waals surface area contributed by atoms with E-state index in [0.717, 1.165) is 34.8 Å². The highest BCUT2D eigenvalue weighted by Crippen LogP contribution is 2.24. The fraction of sp³-hybridized carbons (Fsp3) is 0.381. The molecule has 1 N–H and O–H groups in total. The average molecular weight is 358 g/mol. The van der Waals surface area contributed by atoms with E-state index >= 15 is 0 Å². The van der Waals surface area contributed by atoms with E-state index in [1.807, 2.05) is 37.3 Å². The van der Waals surface area contributed by atoms with E-state index in [9.17, 15) is 4.79 Å². The van der Waals surface area contributed by atoms with Gasteiger partial charge < -0.3 is 10.1 Å². The summed E-state index contributed by atoms with van der Waals surface area (Å²) < 4.78 is 5.31. The molecule has 0 spiro atoms.